The zero-order valence-corrected chi connectivity index (χ0v) is 12.3. The predicted octanol–water partition coefficient (Wildman–Crippen LogP) is 5.06. The first-order valence-corrected chi connectivity index (χ1v) is 6.64. The van der Waals surface area contributed by atoms with Crippen molar-refractivity contribution in [3.63, 3.8) is 0 Å². The second kappa shape index (κ2) is 6.09. The highest BCUT2D eigenvalue weighted by Gasteiger charge is 2.01. The quantitative estimate of drug-likeness (QED) is 0.621. The molecule has 0 saturated heterocycles. The Bertz CT molecular complexity index is 622. The molecule has 98 valence electrons. The van der Waals surface area contributed by atoms with E-state index in [0.717, 1.165) is 11.3 Å². The number of hydrogen-bond acceptors (Lipinski definition) is 2. The molecule has 0 saturated carbocycles. The summed E-state index contributed by atoms with van der Waals surface area (Å²) in [5.41, 5.74) is 7.18. The number of nitrogens with one attached hydrogen (secondary N) is 1. The molecule has 0 radical (unpaired) electrons. The summed E-state index contributed by atoms with van der Waals surface area (Å²) in [4.78, 5) is 0. The summed E-state index contributed by atoms with van der Waals surface area (Å²) in [5.74, 6) is 0. The Labute approximate surface area is 123 Å². The number of halogens is 2. The number of rotatable bonds is 3. The third-order valence-electron chi connectivity index (χ3n) is 2.89. The summed E-state index contributed by atoms with van der Waals surface area (Å²) in [6.45, 7) is 4.15. The van der Waals surface area contributed by atoms with Crippen molar-refractivity contribution in [1.29, 1.82) is 0 Å². The molecule has 0 amide bonds. The lowest BCUT2D eigenvalue weighted by Gasteiger charge is -2.04. The molecule has 1 N–H and O–H groups in total. The van der Waals surface area contributed by atoms with Crippen molar-refractivity contribution in [1.82, 2.24) is 0 Å². The maximum Gasteiger partial charge on any atom is 0.0680 e. The number of hydrazone groups is 1. The highest BCUT2D eigenvalue weighted by molar-refractivity contribution is 6.43. The van der Waals surface area contributed by atoms with Crippen LogP contribution < -0.4 is 5.43 Å². The van der Waals surface area contributed by atoms with Crippen molar-refractivity contribution in [3.8, 4) is 0 Å². The van der Waals surface area contributed by atoms with E-state index in [4.69, 9.17) is 23.2 Å². The molecule has 0 spiro atoms. The van der Waals surface area contributed by atoms with Gasteiger partial charge in [0.15, 0.2) is 0 Å². The number of anilines is 1. The Kier molecular flexibility index (Phi) is 4.46. The van der Waals surface area contributed by atoms with Crippen molar-refractivity contribution in [2.45, 2.75) is 13.8 Å². The average molecular weight is 293 g/mol. The van der Waals surface area contributed by atoms with Crippen molar-refractivity contribution in [2.75, 3.05) is 5.43 Å². The van der Waals surface area contributed by atoms with Gasteiger partial charge < -0.3 is 0 Å². The Morgan fingerprint density at radius 2 is 1.84 bits per heavy atom. The normalized spacial score (nSPS) is 10.9. The number of hydrogen-bond donors (Lipinski definition) is 1. The topological polar surface area (TPSA) is 24.4 Å². The summed E-state index contributed by atoms with van der Waals surface area (Å²) < 4.78 is 0. The molecule has 0 bridgehead atoms. The first kappa shape index (κ1) is 13.9. The van der Waals surface area contributed by atoms with Gasteiger partial charge in [0.2, 0.25) is 0 Å². The standard InChI is InChI=1S/C15H14Cl2N2/c1-10-6-7-13(8-11(10)2)19-18-9-12-4-3-5-14(16)15(12)17/h3-9,19H,1-2H3/b18-9+. The summed E-state index contributed by atoms with van der Waals surface area (Å²) in [5, 5.41) is 5.20. The fourth-order valence-electron chi connectivity index (χ4n) is 1.61. The van der Waals surface area contributed by atoms with E-state index in [0.29, 0.717) is 10.0 Å². The van der Waals surface area contributed by atoms with Gasteiger partial charge in [-0.05, 0) is 43.2 Å². The van der Waals surface area contributed by atoms with Gasteiger partial charge in [-0.3, -0.25) is 5.43 Å². The minimum atomic E-state index is 0.509. The monoisotopic (exact) mass is 292 g/mol. The lowest BCUT2D eigenvalue weighted by Crippen LogP contribution is -1.92. The molecule has 0 aromatic heterocycles. The van der Waals surface area contributed by atoms with Crippen LogP contribution in [0.1, 0.15) is 16.7 Å². The average Bonchev–Trinajstić information content (AvgIpc) is 2.39. The molecule has 2 nitrogen and oxygen atoms in total. The van der Waals surface area contributed by atoms with Gasteiger partial charge in [0, 0.05) is 5.56 Å². The predicted molar refractivity (Wildman–Crippen MR) is 83.6 cm³/mol. The summed E-state index contributed by atoms with van der Waals surface area (Å²) in [6.07, 6.45) is 1.66. The second-order valence-corrected chi connectivity index (χ2v) is 5.10. The highest BCUT2D eigenvalue weighted by atomic mass is 35.5. The summed E-state index contributed by atoms with van der Waals surface area (Å²) in [6, 6.07) is 11.5. The van der Waals surface area contributed by atoms with E-state index >= 15 is 0 Å². The van der Waals surface area contributed by atoms with E-state index in [9.17, 15) is 0 Å². The maximum atomic E-state index is 6.07. The van der Waals surface area contributed by atoms with Gasteiger partial charge in [0.25, 0.3) is 0 Å². The molecular weight excluding hydrogens is 279 g/mol. The SMILES string of the molecule is Cc1ccc(N/N=C/c2cccc(Cl)c2Cl)cc1C. The summed E-state index contributed by atoms with van der Waals surface area (Å²) in [7, 11) is 0. The lowest BCUT2D eigenvalue weighted by molar-refractivity contribution is 1.29. The van der Waals surface area contributed by atoms with Crippen LogP contribution in [0.5, 0.6) is 0 Å². The Balaban J connectivity index is 2.11. The largest absolute Gasteiger partial charge is 0.278 e. The van der Waals surface area contributed by atoms with Gasteiger partial charge in [-0.2, -0.15) is 5.10 Å². The van der Waals surface area contributed by atoms with Gasteiger partial charge in [-0.1, -0.05) is 41.4 Å². The molecule has 0 unspecified atom stereocenters. The van der Waals surface area contributed by atoms with E-state index in [-0.39, 0.29) is 0 Å². The smallest absolute Gasteiger partial charge is 0.0680 e. The van der Waals surface area contributed by atoms with Crippen LogP contribution in [0.25, 0.3) is 0 Å². The zero-order valence-electron chi connectivity index (χ0n) is 10.7. The van der Waals surface area contributed by atoms with Crippen molar-refractivity contribution >= 4 is 35.1 Å². The van der Waals surface area contributed by atoms with Crippen LogP contribution in [0.15, 0.2) is 41.5 Å². The van der Waals surface area contributed by atoms with Crippen molar-refractivity contribution in [2.24, 2.45) is 5.10 Å². The first-order valence-electron chi connectivity index (χ1n) is 5.88. The van der Waals surface area contributed by atoms with Crippen LogP contribution in [0.2, 0.25) is 10.0 Å². The minimum absolute atomic E-state index is 0.509. The van der Waals surface area contributed by atoms with Crippen molar-refractivity contribution in [3.05, 3.63) is 63.1 Å². The lowest BCUT2D eigenvalue weighted by atomic mass is 10.1. The van der Waals surface area contributed by atoms with Gasteiger partial charge in [0.1, 0.15) is 0 Å². The van der Waals surface area contributed by atoms with Gasteiger partial charge >= 0.3 is 0 Å². The van der Waals surface area contributed by atoms with Gasteiger partial charge in [-0.15, -0.1) is 0 Å². The van der Waals surface area contributed by atoms with E-state index in [1.807, 2.05) is 24.3 Å². The first-order chi connectivity index (χ1) is 9.08. The minimum Gasteiger partial charge on any atom is -0.278 e. The van der Waals surface area contributed by atoms with Crippen LogP contribution in [-0.4, -0.2) is 6.21 Å². The number of nitrogens with zero attached hydrogens (tertiary/aromatic N) is 1. The molecular formula is C15H14Cl2N2. The van der Waals surface area contributed by atoms with Crippen LogP contribution in [0.4, 0.5) is 5.69 Å². The Morgan fingerprint density at radius 3 is 2.58 bits per heavy atom. The molecule has 0 aliphatic rings. The molecule has 2 rings (SSSR count). The van der Waals surface area contributed by atoms with Crippen LogP contribution in [0, 0.1) is 13.8 Å². The molecule has 0 fully saturated rings. The molecule has 0 heterocycles. The van der Waals surface area contributed by atoms with E-state index < -0.39 is 0 Å². The summed E-state index contributed by atoms with van der Waals surface area (Å²) >= 11 is 12.0. The van der Waals surface area contributed by atoms with Crippen LogP contribution in [0.3, 0.4) is 0 Å². The molecule has 2 aromatic carbocycles. The molecule has 4 heteroatoms. The Hall–Kier alpha value is -1.51. The fraction of sp³-hybridized carbons (Fsp3) is 0.133. The van der Waals surface area contributed by atoms with E-state index in [2.05, 4.69) is 30.4 Å². The Morgan fingerprint density at radius 1 is 1.05 bits per heavy atom. The maximum absolute atomic E-state index is 6.07. The van der Waals surface area contributed by atoms with Crippen molar-refractivity contribution < 1.29 is 0 Å². The second-order valence-electron chi connectivity index (χ2n) is 4.31. The van der Waals surface area contributed by atoms with E-state index in [1.54, 1.807) is 12.3 Å². The molecule has 19 heavy (non-hydrogen) atoms. The van der Waals surface area contributed by atoms with Crippen LogP contribution in [-0.2, 0) is 0 Å². The number of benzene rings is 2. The van der Waals surface area contributed by atoms with Gasteiger partial charge in [0.05, 0.1) is 21.9 Å². The molecule has 0 aliphatic carbocycles. The third-order valence-corrected chi connectivity index (χ3v) is 3.72. The molecule has 2 aromatic rings. The zero-order chi connectivity index (χ0) is 13.8. The highest BCUT2D eigenvalue weighted by Crippen LogP contribution is 2.24. The van der Waals surface area contributed by atoms with Crippen LogP contribution >= 0.6 is 23.2 Å². The van der Waals surface area contributed by atoms with E-state index in [1.165, 1.54) is 11.1 Å². The fourth-order valence-corrected chi connectivity index (χ4v) is 1.96. The third kappa shape index (κ3) is 3.49. The molecule has 0 atom stereocenters. The number of aryl methyl sites for hydroxylation is 2. The van der Waals surface area contributed by atoms with Gasteiger partial charge in [-0.25, -0.2) is 0 Å². The molecule has 0 aliphatic heterocycles.